The lowest BCUT2D eigenvalue weighted by atomic mass is 9.48. The molecule has 0 radical (unpaired) electrons. The van der Waals surface area contributed by atoms with Gasteiger partial charge in [-0.1, -0.05) is 50.9 Å². The molecule has 1 saturated carbocycles. The molecule has 1 aliphatic carbocycles. The fraction of sp³-hybridized carbons (Fsp3) is 0.615. The Morgan fingerprint density at radius 3 is 2.26 bits per heavy atom. The largest absolute Gasteiger partial charge is 0.347 e. The zero-order valence-electron chi connectivity index (χ0n) is 11.5. The molecular formula is C13H19Cl2N3O. The number of H-pyrrole nitrogens is 1. The highest BCUT2D eigenvalue weighted by molar-refractivity contribution is 6.41. The molecule has 4 nitrogen and oxygen atoms in total. The predicted octanol–water partition coefficient (Wildman–Crippen LogP) is 2.81. The van der Waals surface area contributed by atoms with Gasteiger partial charge in [-0.25, -0.2) is 0 Å². The zero-order chi connectivity index (χ0) is 14.6. The summed E-state index contributed by atoms with van der Waals surface area (Å²) in [5.74, 6) is -0.216. The number of nitrogens with one attached hydrogen (secondary N) is 2. The van der Waals surface area contributed by atoms with Crippen LogP contribution >= 0.6 is 23.2 Å². The Bertz CT molecular complexity index is 486. The summed E-state index contributed by atoms with van der Waals surface area (Å²) in [5.41, 5.74) is 6.25. The van der Waals surface area contributed by atoms with E-state index < -0.39 is 0 Å². The molecule has 2 rings (SSSR count). The van der Waals surface area contributed by atoms with E-state index in [2.05, 4.69) is 38.0 Å². The number of rotatable bonds is 2. The van der Waals surface area contributed by atoms with Crippen molar-refractivity contribution in [1.29, 1.82) is 0 Å². The Morgan fingerprint density at radius 2 is 1.84 bits per heavy atom. The maximum absolute atomic E-state index is 12.2. The third-order valence-electron chi connectivity index (χ3n) is 4.34. The molecule has 0 aliphatic heterocycles. The molecule has 1 aliphatic rings. The highest BCUT2D eigenvalue weighted by Crippen LogP contribution is 2.52. The van der Waals surface area contributed by atoms with Crippen molar-refractivity contribution in [3.63, 3.8) is 0 Å². The van der Waals surface area contributed by atoms with E-state index in [4.69, 9.17) is 28.9 Å². The molecule has 0 spiro atoms. The summed E-state index contributed by atoms with van der Waals surface area (Å²) in [5, 5.41) is 3.63. The monoisotopic (exact) mass is 303 g/mol. The van der Waals surface area contributed by atoms with E-state index in [0.717, 1.165) is 0 Å². The van der Waals surface area contributed by atoms with Crippen LogP contribution in [0.25, 0.3) is 0 Å². The first-order chi connectivity index (χ1) is 8.58. The Labute approximate surface area is 123 Å². The number of aromatic amines is 1. The molecule has 106 valence electrons. The average Bonchev–Trinajstić information content (AvgIpc) is 2.65. The van der Waals surface area contributed by atoms with Crippen molar-refractivity contribution in [1.82, 2.24) is 10.3 Å². The van der Waals surface area contributed by atoms with Crippen molar-refractivity contribution >= 4 is 29.1 Å². The highest BCUT2D eigenvalue weighted by atomic mass is 35.5. The van der Waals surface area contributed by atoms with Gasteiger partial charge in [0.15, 0.2) is 0 Å². The Hall–Kier alpha value is -0.710. The van der Waals surface area contributed by atoms with E-state index in [1.165, 1.54) is 6.07 Å². The number of carbonyl (C=O) groups is 1. The van der Waals surface area contributed by atoms with Crippen LogP contribution in [0.5, 0.6) is 0 Å². The van der Waals surface area contributed by atoms with Crippen molar-refractivity contribution < 1.29 is 4.79 Å². The van der Waals surface area contributed by atoms with Crippen LogP contribution in [0.3, 0.4) is 0 Å². The lowest BCUT2D eigenvalue weighted by Gasteiger charge is -2.62. The van der Waals surface area contributed by atoms with Crippen molar-refractivity contribution in [3.8, 4) is 0 Å². The number of hydrogen-bond acceptors (Lipinski definition) is 2. The fourth-order valence-electron chi connectivity index (χ4n) is 3.29. The van der Waals surface area contributed by atoms with Gasteiger partial charge in [0.05, 0.1) is 5.02 Å². The normalized spacial score (nSPS) is 27.7. The molecule has 19 heavy (non-hydrogen) atoms. The van der Waals surface area contributed by atoms with Crippen LogP contribution in [0.4, 0.5) is 0 Å². The zero-order valence-corrected chi connectivity index (χ0v) is 13.0. The minimum atomic E-state index is -0.216. The van der Waals surface area contributed by atoms with E-state index in [1.807, 2.05) is 0 Å². The molecule has 0 unspecified atom stereocenters. The quantitative estimate of drug-likeness (QED) is 0.786. The first-order valence-electron chi connectivity index (χ1n) is 6.19. The molecule has 0 saturated heterocycles. The Morgan fingerprint density at radius 1 is 1.32 bits per heavy atom. The number of amides is 1. The van der Waals surface area contributed by atoms with Crippen LogP contribution in [0, 0.1) is 10.8 Å². The minimum Gasteiger partial charge on any atom is -0.347 e. The highest BCUT2D eigenvalue weighted by Gasteiger charge is 2.60. The van der Waals surface area contributed by atoms with Crippen LogP contribution in [0.1, 0.15) is 38.2 Å². The molecule has 0 bridgehead atoms. The van der Waals surface area contributed by atoms with Gasteiger partial charge in [0.25, 0.3) is 5.91 Å². The second-order valence-corrected chi connectivity index (χ2v) is 7.16. The first kappa shape index (κ1) is 14.7. The Balaban J connectivity index is 2.16. The van der Waals surface area contributed by atoms with Crippen molar-refractivity contribution in [3.05, 3.63) is 21.9 Å². The van der Waals surface area contributed by atoms with E-state index in [0.29, 0.717) is 10.7 Å². The van der Waals surface area contributed by atoms with Crippen LogP contribution in [0.2, 0.25) is 10.2 Å². The molecule has 0 atom stereocenters. The van der Waals surface area contributed by atoms with Crippen LogP contribution in [-0.4, -0.2) is 23.0 Å². The summed E-state index contributed by atoms with van der Waals surface area (Å²) in [4.78, 5) is 14.9. The number of nitrogens with two attached hydrogens (primary N) is 1. The summed E-state index contributed by atoms with van der Waals surface area (Å²) < 4.78 is 0. The molecule has 1 aromatic heterocycles. The minimum absolute atomic E-state index is 0.00310. The van der Waals surface area contributed by atoms with Crippen LogP contribution in [0.15, 0.2) is 6.07 Å². The maximum atomic E-state index is 12.2. The molecule has 1 amide bonds. The van der Waals surface area contributed by atoms with Gasteiger partial charge in [0, 0.05) is 22.9 Å². The molecule has 1 aromatic rings. The van der Waals surface area contributed by atoms with E-state index in [9.17, 15) is 4.79 Å². The molecule has 1 heterocycles. The van der Waals surface area contributed by atoms with Gasteiger partial charge in [0.2, 0.25) is 0 Å². The second kappa shape index (κ2) is 4.40. The lowest BCUT2D eigenvalue weighted by molar-refractivity contribution is -0.0664. The summed E-state index contributed by atoms with van der Waals surface area (Å²) in [6.07, 6.45) is 0. The van der Waals surface area contributed by atoms with E-state index in [1.54, 1.807) is 0 Å². The van der Waals surface area contributed by atoms with E-state index >= 15 is 0 Å². The molecule has 0 aromatic carbocycles. The van der Waals surface area contributed by atoms with Gasteiger partial charge in [0.1, 0.15) is 10.8 Å². The smallest absolute Gasteiger partial charge is 0.268 e. The average molecular weight is 304 g/mol. The summed E-state index contributed by atoms with van der Waals surface area (Å²) in [6, 6.07) is 1.57. The summed E-state index contributed by atoms with van der Waals surface area (Å²) >= 11 is 11.6. The van der Waals surface area contributed by atoms with Crippen LogP contribution in [-0.2, 0) is 0 Å². The van der Waals surface area contributed by atoms with E-state index in [-0.39, 0.29) is 34.0 Å². The Kier molecular flexibility index (Phi) is 3.40. The van der Waals surface area contributed by atoms with Crippen molar-refractivity contribution in [2.45, 2.75) is 39.8 Å². The van der Waals surface area contributed by atoms with Gasteiger partial charge in [-0.2, -0.15) is 0 Å². The third kappa shape index (κ3) is 2.16. The van der Waals surface area contributed by atoms with Gasteiger partial charge in [-0.3, -0.25) is 4.79 Å². The number of carbonyl (C=O) groups excluding carboxylic acids is 1. The standard InChI is InChI=1S/C13H19Cl2N3O/c1-12(2)10(16)13(3,4)11(12)18-9(19)7-5-6(14)8(15)17-7/h5,10-11,17H,16H2,1-4H3,(H,18,19). The summed E-state index contributed by atoms with van der Waals surface area (Å²) in [7, 11) is 0. The fourth-order valence-corrected chi connectivity index (χ4v) is 3.60. The number of halogens is 2. The van der Waals surface area contributed by atoms with Crippen molar-refractivity contribution in [2.75, 3.05) is 0 Å². The third-order valence-corrected chi connectivity index (χ3v) is 5.03. The molecule has 6 heteroatoms. The molecule has 1 fully saturated rings. The van der Waals surface area contributed by atoms with Crippen LogP contribution < -0.4 is 11.1 Å². The molecule has 4 N–H and O–H groups in total. The number of aromatic nitrogens is 1. The number of hydrogen-bond donors (Lipinski definition) is 3. The summed E-state index contributed by atoms with van der Waals surface area (Å²) in [6.45, 7) is 8.23. The second-order valence-electron chi connectivity index (χ2n) is 6.37. The van der Waals surface area contributed by atoms with Gasteiger partial charge < -0.3 is 16.0 Å². The molecular weight excluding hydrogens is 285 g/mol. The van der Waals surface area contributed by atoms with Crippen molar-refractivity contribution in [2.24, 2.45) is 16.6 Å². The topological polar surface area (TPSA) is 70.9 Å². The predicted molar refractivity (Wildman–Crippen MR) is 77.6 cm³/mol. The maximum Gasteiger partial charge on any atom is 0.268 e. The van der Waals surface area contributed by atoms with Gasteiger partial charge in [-0.15, -0.1) is 0 Å². The van der Waals surface area contributed by atoms with Gasteiger partial charge in [-0.05, 0) is 6.07 Å². The first-order valence-corrected chi connectivity index (χ1v) is 6.94. The lowest BCUT2D eigenvalue weighted by Crippen LogP contribution is -2.76. The SMILES string of the molecule is CC1(C)C(N)C(C)(C)C1NC(=O)c1cc(Cl)c(Cl)[nH]1. The van der Waals surface area contributed by atoms with Gasteiger partial charge >= 0.3 is 0 Å².